The first-order valence-electron chi connectivity index (χ1n) is 7.12. The SMILES string of the molecule is Cc1noc(C)c1[C@H]1CCCN1S(=O)(=O)c1ccccc1F. The highest BCUT2D eigenvalue weighted by Crippen LogP contribution is 2.39. The van der Waals surface area contributed by atoms with Gasteiger partial charge in [0, 0.05) is 12.1 Å². The first kappa shape index (κ1) is 15.2. The summed E-state index contributed by atoms with van der Waals surface area (Å²) in [6.07, 6.45) is 1.40. The summed E-state index contributed by atoms with van der Waals surface area (Å²) in [4.78, 5) is -0.284. The Morgan fingerprint density at radius 3 is 2.68 bits per heavy atom. The van der Waals surface area contributed by atoms with Crippen molar-refractivity contribution >= 4 is 10.0 Å². The molecule has 1 aromatic heterocycles. The Labute approximate surface area is 128 Å². The van der Waals surface area contributed by atoms with Crippen LogP contribution in [0.3, 0.4) is 0 Å². The highest BCUT2D eigenvalue weighted by molar-refractivity contribution is 7.89. The molecule has 118 valence electrons. The first-order chi connectivity index (χ1) is 10.4. The van der Waals surface area contributed by atoms with E-state index in [2.05, 4.69) is 5.16 Å². The smallest absolute Gasteiger partial charge is 0.246 e. The third kappa shape index (κ3) is 2.34. The molecule has 2 heterocycles. The van der Waals surface area contributed by atoms with Crippen molar-refractivity contribution in [1.82, 2.24) is 9.46 Å². The van der Waals surface area contributed by atoms with Crippen LogP contribution in [0.2, 0.25) is 0 Å². The maximum absolute atomic E-state index is 13.9. The van der Waals surface area contributed by atoms with Crippen LogP contribution in [0.4, 0.5) is 4.39 Å². The Bertz CT molecular complexity index is 781. The summed E-state index contributed by atoms with van der Waals surface area (Å²) in [5.74, 6) is -0.120. The number of aromatic nitrogens is 1. The van der Waals surface area contributed by atoms with Gasteiger partial charge in [-0.05, 0) is 38.8 Å². The van der Waals surface area contributed by atoms with E-state index in [1.54, 1.807) is 13.8 Å². The molecule has 0 aliphatic carbocycles. The van der Waals surface area contributed by atoms with Crippen LogP contribution in [-0.2, 0) is 10.0 Å². The van der Waals surface area contributed by atoms with Gasteiger partial charge < -0.3 is 4.52 Å². The molecule has 2 aromatic rings. The van der Waals surface area contributed by atoms with Crippen LogP contribution in [0.5, 0.6) is 0 Å². The second-order valence-corrected chi connectivity index (χ2v) is 7.30. The zero-order chi connectivity index (χ0) is 15.9. The average Bonchev–Trinajstić information content (AvgIpc) is 3.06. The van der Waals surface area contributed by atoms with Gasteiger partial charge in [-0.25, -0.2) is 12.8 Å². The van der Waals surface area contributed by atoms with Crippen molar-refractivity contribution in [3.8, 4) is 0 Å². The van der Waals surface area contributed by atoms with Crippen molar-refractivity contribution in [2.45, 2.75) is 37.6 Å². The molecular weight excluding hydrogens is 307 g/mol. The van der Waals surface area contributed by atoms with Crippen molar-refractivity contribution in [3.05, 3.63) is 47.1 Å². The van der Waals surface area contributed by atoms with Gasteiger partial charge >= 0.3 is 0 Å². The molecule has 1 aliphatic rings. The molecular formula is C15H17FN2O3S. The average molecular weight is 324 g/mol. The normalized spacial score (nSPS) is 19.7. The van der Waals surface area contributed by atoms with E-state index in [1.165, 1.54) is 22.5 Å². The topological polar surface area (TPSA) is 63.4 Å². The Balaban J connectivity index is 2.06. The fraction of sp³-hybridized carbons (Fsp3) is 0.400. The highest BCUT2D eigenvalue weighted by Gasteiger charge is 2.39. The molecule has 0 amide bonds. The summed E-state index contributed by atoms with van der Waals surface area (Å²) in [6, 6.07) is 5.11. The van der Waals surface area contributed by atoms with Gasteiger partial charge in [0.15, 0.2) is 0 Å². The van der Waals surface area contributed by atoms with Crippen LogP contribution >= 0.6 is 0 Å². The molecule has 1 aromatic carbocycles. The third-order valence-corrected chi connectivity index (χ3v) is 5.99. The van der Waals surface area contributed by atoms with E-state index in [0.717, 1.165) is 18.1 Å². The molecule has 22 heavy (non-hydrogen) atoms. The summed E-state index contributed by atoms with van der Waals surface area (Å²) < 4.78 is 46.1. The number of hydrogen-bond acceptors (Lipinski definition) is 4. The second-order valence-electron chi connectivity index (χ2n) is 5.44. The zero-order valence-electron chi connectivity index (χ0n) is 12.4. The molecule has 0 unspecified atom stereocenters. The number of aryl methyl sites for hydroxylation is 2. The Kier molecular flexibility index (Phi) is 3.78. The van der Waals surface area contributed by atoms with E-state index in [1.807, 2.05) is 0 Å². The van der Waals surface area contributed by atoms with Gasteiger partial charge in [0.05, 0.1) is 11.7 Å². The fourth-order valence-corrected chi connectivity index (χ4v) is 4.80. The number of benzene rings is 1. The number of sulfonamides is 1. The monoisotopic (exact) mass is 324 g/mol. The van der Waals surface area contributed by atoms with E-state index < -0.39 is 15.8 Å². The van der Waals surface area contributed by atoms with Crippen LogP contribution in [0.1, 0.15) is 35.9 Å². The van der Waals surface area contributed by atoms with E-state index in [4.69, 9.17) is 4.52 Å². The molecule has 7 heteroatoms. The molecule has 1 aliphatic heterocycles. The van der Waals surface area contributed by atoms with Crippen molar-refractivity contribution in [3.63, 3.8) is 0 Å². The van der Waals surface area contributed by atoms with Crippen LogP contribution < -0.4 is 0 Å². The van der Waals surface area contributed by atoms with Crippen molar-refractivity contribution in [2.75, 3.05) is 6.54 Å². The summed E-state index contributed by atoms with van der Waals surface area (Å²) in [5.41, 5.74) is 1.47. The molecule has 5 nitrogen and oxygen atoms in total. The maximum atomic E-state index is 13.9. The maximum Gasteiger partial charge on any atom is 0.246 e. The van der Waals surface area contributed by atoms with Crippen molar-refractivity contribution in [1.29, 1.82) is 0 Å². The quantitative estimate of drug-likeness (QED) is 0.871. The van der Waals surface area contributed by atoms with Gasteiger partial charge in [-0.15, -0.1) is 0 Å². The molecule has 1 saturated heterocycles. The van der Waals surface area contributed by atoms with Crippen LogP contribution in [0.15, 0.2) is 33.7 Å². The third-order valence-electron chi connectivity index (χ3n) is 4.05. The molecule has 0 saturated carbocycles. The Morgan fingerprint density at radius 1 is 1.32 bits per heavy atom. The summed E-state index contributed by atoms with van der Waals surface area (Å²) >= 11 is 0. The highest BCUT2D eigenvalue weighted by atomic mass is 32.2. The van der Waals surface area contributed by atoms with Gasteiger partial charge in [-0.2, -0.15) is 4.31 Å². The molecule has 0 radical (unpaired) electrons. The number of hydrogen-bond donors (Lipinski definition) is 0. The van der Waals surface area contributed by atoms with Gasteiger partial charge in [0.2, 0.25) is 10.0 Å². The predicted octanol–water partition coefficient (Wildman–Crippen LogP) is 2.96. The van der Waals surface area contributed by atoms with Crippen LogP contribution in [-0.4, -0.2) is 24.4 Å². The molecule has 1 atom stereocenters. The Morgan fingerprint density at radius 2 is 2.05 bits per heavy atom. The molecule has 3 rings (SSSR count). The lowest BCUT2D eigenvalue weighted by atomic mass is 10.0. The van der Waals surface area contributed by atoms with Gasteiger partial charge in [0.25, 0.3) is 0 Å². The standard InChI is InChI=1S/C15H17FN2O3S/c1-10-15(11(2)21-17-10)13-7-5-9-18(13)22(19,20)14-8-4-3-6-12(14)16/h3-4,6,8,13H,5,7,9H2,1-2H3/t13-/m1/s1. The number of nitrogens with zero attached hydrogens (tertiary/aromatic N) is 2. The molecule has 0 bridgehead atoms. The van der Waals surface area contributed by atoms with Crippen LogP contribution in [0, 0.1) is 19.7 Å². The molecule has 1 fully saturated rings. The number of halogens is 1. The zero-order valence-corrected chi connectivity index (χ0v) is 13.2. The lowest BCUT2D eigenvalue weighted by Crippen LogP contribution is -2.31. The minimum atomic E-state index is -3.89. The predicted molar refractivity (Wildman–Crippen MR) is 78.2 cm³/mol. The van der Waals surface area contributed by atoms with Gasteiger partial charge in [-0.3, -0.25) is 0 Å². The fourth-order valence-electron chi connectivity index (χ4n) is 3.06. The second kappa shape index (κ2) is 5.48. The number of rotatable bonds is 3. The summed E-state index contributed by atoms with van der Waals surface area (Å²) in [7, 11) is -3.89. The largest absolute Gasteiger partial charge is 0.361 e. The van der Waals surface area contributed by atoms with Crippen molar-refractivity contribution in [2.24, 2.45) is 0 Å². The van der Waals surface area contributed by atoms with E-state index >= 15 is 0 Å². The van der Waals surface area contributed by atoms with Crippen molar-refractivity contribution < 1.29 is 17.3 Å². The minimum absolute atomic E-state index is 0.284. The Hall–Kier alpha value is -1.73. The summed E-state index contributed by atoms with van der Waals surface area (Å²) in [5, 5.41) is 3.90. The van der Waals surface area contributed by atoms with E-state index in [9.17, 15) is 12.8 Å². The van der Waals surface area contributed by atoms with E-state index in [-0.39, 0.29) is 10.9 Å². The summed E-state index contributed by atoms with van der Waals surface area (Å²) in [6.45, 7) is 3.92. The molecule has 0 spiro atoms. The van der Waals surface area contributed by atoms with E-state index in [0.29, 0.717) is 24.4 Å². The van der Waals surface area contributed by atoms with Crippen LogP contribution in [0.25, 0.3) is 0 Å². The molecule has 0 N–H and O–H groups in total. The lowest BCUT2D eigenvalue weighted by Gasteiger charge is -2.24. The van der Waals surface area contributed by atoms with Gasteiger partial charge in [0.1, 0.15) is 16.5 Å². The first-order valence-corrected chi connectivity index (χ1v) is 8.56. The lowest BCUT2D eigenvalue weighted by molar-refractivity contribution is 0.375. The minimum Gasteiger partial charge on any atom is -0.361 e. The van der Waals surface area contributed by atoms with Gasteiger partial charge in [-0.1, -0.05) is 17.3 Å².